The monoisotopic (exact) mass is 536 g/mol. The number of esters is 1. The van der Waals surface area contributed by atoms with Gasteiger partial charge in [0.25, 0.3) is 0 Å². The van der Waals surface area contributed by atoms with Crippen LogP contribution in [0.3, 0.4) is 0 Å². The summed E-state index contributed by atoms with van der Waals surface area (Å²) in [6.45, 7) is 1.50. The van der Waals surface area contributed by atoms with Gasteiger partial charge in [0.2, 0.25) is 11.8 Å². The second-order valence-corrected chi connectivity index (χ2v) is 10.5. The maximum absolute atomic E-state index is 13.2. The Morgan fingerprint density at radius 2 is 1.14 bits per heavy atom. The molecule has 2 amide bonds. The van der Waals surface area contributed by atoms with E-state index >= 15 is 0 Å². The summed E-state index contributed by atoms with van der Waals surface area (Å²) in [4.78, 5) is 38.0. The summed E-state index contributed by atoms with van der Waals surface area (Å²) in [7, 11) is 0. The first-order chi connectivity index (χ1) is 18.0. The number of amides is 2. The Morgan fingerprint density at radius 1 is 0.676 bits per heavy atom. The van der Waals surface area contributed by atoms with Crippen molar-refractivity contribution in [2.75, 3.05) is 11.5 Å². The lowest BCUT2D eigenvalue weighted by atomic mass is 10.2. The number of nitrogens with one attached hydrogen (secondary N) is 2. The highest BCUT2D eigenvalue weighted by molar-refractivity contribution is 7.98. The van der Waals surface area contributed by atoms with Gasteiger partial charge < -0.3 is 15.4 Å². The molecule has 0 saturated heterocycles. The molecule has 0 heterocycles. The first kappa shape index (κ1) is 28.3. The van der Waals surface area contributed by atoms with Crippen LogP contribution in [-0.2, 0) is 37.2 Å². The van der Waals surface area contributed by atoms with Crippen molar-refractivity contribution >= 4 is 41.3 Å². The van der Waals surface area contributed by atoms with Crippen molar-refractivity contribution in [3.8, 4) is 0 Å². The fraction of sp³-hybridized carbons (Fsp3) is 0.276. The van der Waals surface area contributed by atoms with Gasteiger partial charge in [0.1, 0.15) is 18.7 Å². The van der Waals surface area contributed by atoms with Crippen molar-refractivity contribution in [3.63, 3.8) is 0 Å². The van der Waals surface area contributed by atoms with E-state index in [1.807, 2.05) is 91.0 Å². The third-order valence-corrected chi connectivity index (χ3v) is 7.52. The SMILES string of the molecule is CC(=O)N[C@H](CSCc1ccccc1)C(=O)N[C@@H](CSCc1ccccc1)C(=O)OCc1ccccc1. The summed E-state index contributed by atoms with van der Waals surface area (Å²) in [5, 5.41) is 5.55. The molecule has 3 aromatic rings. The van der Waals surface area contributed by atoms with Gasteiger partial charge >= 0.3 is 5.97 Å². The van der Waals surface area contributed by atoms with E-state index in [1.54, 1.807) is 11.8 Å². The van der Waals surface area contributed by atoms with Gasteiger partial charge in [-0.25, -0.2) is 4.79 Å². The zero-order chi connectivity index (χ0) is 26.3. The highest BCUT2D eigenvalue weighted by Crippen LogP contribution is 2.16. The summed E-state index contributed by atoms with van der Waals surface area (Å²) in [6.07, 6.45) is 0. The van der Waals surface area contributed by atoms with Crippen molar-refractivity contribution in [1.29, 1.82) is 0 Å². The Bertz CT molecular complexity index is 1110. The lowest BCUT2D eigenvalue weighted by Gasteiger charge is -2.22. The molecular weight excluding hydrogens is 504 g/mol. The second-order valence-electron chi connectivity index (χ2n) is 8.41. The van der Waals surface area contributed by atoms with Gasteiger partial charge in [-0.15, -0.1) is 0 Å². The van der Waals surface area contributed by atoms with Crippen molar-refractivity contribution in [1.82, 2.24) is 10.6 Å². The Hall–Kier alpha value is -3.23. The fourth-order valence-corrected chi connectivity index (χ4v) is 5.45. The number of ether oxygens (including phenoxy) is 1. The number of hydrogen-bond donors (Lipinski definition) is 2. The molecule has 0 bridgehead atoms. The predicted octanol–water partition coefficient (Wildman–Crippen LogP) is 4.59. The number of carbonyl (C=O) groups is 3. The van der Waals surface area contributed by atoms with Gasteiger partial charge in [-0.3, -0.25) is 9.59 Å². The molecule has 0 aliphatic heterocycles. The third kappa shape index (κ3) is 10.7. The topological polar surface area (TPSA) is 84.5 Å². The van der Waals surface area contributed by atoms with Gasteiger partial charge in [-0.2, -0.15) is 23.5 Å². The molecule has 3 aromatic carbocycles. The summed E-state index contributed by atoms with van der Waals surface area (Å²) >= 11 is 3.09. The van der Waals surface area contributed by atoms with Crippen LogP contribution < -0.4 is 10.6 Å². The molecule has 0 aromatic heterocycles. The van der Waals surface area contributed by atoms with Crippen LogP contribution in [0.1, 0.15) is 23.6 Å². The van der Waals surface area contributed by atoms with E-state index in [0.717, 1.165) is 16.7 Å². The van der Waals surface area contributed by atoms with E-state index in [1.165, 1.54) is 18.7 Å². The Morgan fingerprint density at radius 3 is 1.62 bits per heavy atom. The molecule has 194 valence electrons. The summed E-state index contributed by atoms with van der Waals surface area (Å²) in [6, 6.07) is 27.6. The molecule has 37 heavy (non-hydrogen) atoms. The number of hydrogen-bond acceptors (Lipinski definition) is 6. The maximum atomic E-state index is 13.2. The van der Waals surface area contributed by atoms with E-state index in [9.17, 15) is 14.4 Å². The predicted molar refractivity (Wildman–Crippen MR) is 151 cm³/mol. The Balaban J connectivity index is 1.61. The van der Waals surface area contributed by atoms with Crippen LogP contribution in [0.25, 0.3) is 0 Å². The van der Waals surface area contributed by atoms with Crippen LogP contribution in [0.15, 0.2) is 91.0 Å². The number of rotatable bonds is 14. The standard InChI is InChI=1S/C29H32N2O4S2/c1-22(32)30-26(20-36-18-24-13-7-3-8-14-24)28(33)31-27(21-37-19-25-15-9-4-10-16-25)29(34)35-17-23-11-5-2-6-12-23/h2-16,26-27H,17-21H2,1H3,(H,30,32)(H,31,33)/t26-,27+/m1/s1. The zero-order valence-corrected chi connectivity index (χ0v) is 22.4. The maximum Gasteiger partial charge on any atom is 0.329 e. The van der Waals surface area contributed by atoms with Gasteiger partial charge in [0.15, 0.2) is 0 Å². The minimum Gasteiger partial charge on any atom is -0.459 e. The quantitative estimate of drug-likeness (QED) is 0.293. The molecular formula is C29H32N2O4S2. The molecule has 6 nitrogen and oxygen atoms in total. The van der Waals surface area contributed by atoms with Crippen LogP contribution in [0.5, 0.6) is 0 Å². The molecule has 3 rings (SSSR count). The van der Waals surface area contributed by atoms with E-state index < -0.39 is 24.0 Å². The van der Waals surface area contributed by atoms with Gasteiger partial charge in [0.05, 0.1) is 0 Å². The van der Waals surface area contributed by atoms with Crippen LogP contribution in [-0.4, -0.2) is 41.4 Å². The summed E-state index contributed by atoms with van der Waals surface area (Å²) < 4.78 is 5.53. The molecule has 0 unspecified atom stereocenters. The molecule has 0 radical (unpaired) electrons. The smallest absolute Gasteiger partial charge is 0.329 e. The Kier molecular flexibility index (Phi) is 12.1. The van der Waals surface area contributed by atoms with E-state index in [0.29, 0.717) is 23.0 Å². The molecule has 0 aliphatic rings. The minimum absolute atomic E-state index is 0.122. The Labute approximate surface area is 227 Å². The van der Waals surface area contributed by atoms with Gasteiger partial charge in [-0.05, 0) is 16.7 Å². The highest BCUT2D eigenvalue weighted by atomic mass is 32.2. The molecule has 2 atom stereocenters. The normalized spacial score (nSPS) is 12.2. The first-order valence-electron chi connectivity index (χ1n) is 12.0. The molecule has 2 N–H and O–H groups in total. The molecule has 8 heteroatoms. The van der Waals surface area contributed by atoms with Gasteiger partial charge in [-0.1, -0.05) is 91.0 Å². The zero-order valence-electron chi connectivity index (χ0n) is 20.8. The largest absolute Gasteiger partial charge is 0.459 e. The van der Waals surface area contributed by atoms with Crippen molar-refractivity contribution in [2.24, 2.45) is 0 Å². The van der Waals surface area contributed by atoms with E-state index in [-0.39, 0.29) is 12.5 Å². The average molecular weight is 537 g/mol. The van der Waals surface area contributed by atoms with Crippen LogP contribution in [0, 0.1) is 0 Å². The molecule has 0 spiro atoms. The number of thioether (sulfide) groups is 2. The fourth-order valence-electron chi connectivity index (χ4n) is 3.44. The average Bonchev–Trinajstić information content (AvgIpc) is 2.92. The number of benzene rings is 3. The minimum atomic E-state index is -0.847. The van der Waals surface area contributed by atoms with Crippen molar-refractivity contribution in [2.45, 2.75) is 37.1 Å². The summed E-state index contributed by atoms with van der Waals surface area (Å²) in [5.74, 6) is 0.915. The summed E-state index contributed by atoms with van der Waals surface area (Å²) in [5.41, 5.74) is 3.13. The van der Waals surface area contributed by atoms with Crippen molar-refractivity contribution < 1.29 is 19.1 Å². The first-order valence-corrected chi connectivity index (χ1v) is 14.3. The van der Waals surface area contributed by atoms with Crippen molar-refractivity contribution in [3.05, 3.63) is 108 Å². The third-order valence-electron chi connectivity index (χ3n) is 5.31. The second kappa shape index (κ2) is 15.8. The van der Waals surface area contributed by atoms with Crippen LogP contribution >= 0.6 is 23.5 Å². The molecule has 0 saturated carbocycles. The van der Waals surface area contributed by atoms with Crippen LogP contribution in [0.2, 0.25) is 0 Å². The molecule has 0 fully saturated rings. The lowest BCUT2D eigenvalue weighted by molar-refractivity contribution is -0.148. The van der Waals surface area contributed by atoms with E-state index in [2.05, 4.69) is 10.6 Å². The van der Waals surface area contributed by atoms with Gasteiger partial charge in [0, 0.05) is 29.9 Å². The number of carbonyl (C=O) groups excluding carboxylic acids is 3. The lowest BCUT2D eigenvalue weighted by Crippen LogP contribution is -2.53. The van der Waals surface area contributed by atoms with Crippen LogP contribution in [0.4, 0.5) is 0 Å². The van der Waals surface area contributed by atoms with E-state index in [4.69, 9.17) is 4.74 Å². The highest BCUT2D eigenvalue weighted by Gasteiger charge is 2.27. The molecule has 0 aliphatic carbocycles.